The van der Waals surface area contributed by atoms with Gasteiger partial charge >= 0.3 is 0 Å². The first-order valence-electron chi connectivity index (χ1n) is 3.79. The molecule has 0 aliphatic heterocycles. The van der Waals surface area contributed by atoms with Crippen LogP contribution in [0.25, 0.3) is 0 Å². The summed E-state index contributed by atoms with van der Waals surface area (Å²) >= 11 is 0. The van der Waals surface area contributed by atoms with E-state index in [0.717, 1.165) is 11.3 Å². The van der Waals surface area contributed by atoms with Crippen LogP contribution in [-0.2, 0) is 4.79 Å². The topological polar surface area (TPSA) is 29.1 Å². The molecular formula is C10H15NO. The van der Waals surface area contributed by atoms with Gasteiger partial charge in [-0.2, -0.15) is 0 Å². The number of rotatable bonds is 4. The highest BCUT2D eigenvalue weighted by Crippen LogP contribution is 2.02. The van der Waals surface area contributed by atoms with Gasteiger partial charge in [0.05, 0.1) is 0 Å². The number of amides is 1. The van der Waals surface area contributed by atoms with Crippen LogP contribution >= 0.6 is 0 Å². The Morgan fingerprint density at radius 1 is 1.25 bits per heavy atom. The summed E-state index contributed by atoms with van der Waals surface area (Å²) in [7, 11) is 0. The molecule has 1 amide bonds. The molecule has 1 N–H and O–H groups in total. The maximum Gasteiger partial charge on any atom is 0.211 e. The zero-order chi connectivity index (χ0) is 9.56. The van der Waals surface area contributed by atoms with E-state index >= 15 is 0 Å². The summed E-state index contributed by atoms with van der Waals surface area (Å²) in [6.45, 7) is 9.57. The first-order valence-corrected chi connectivity index (χ1v) is 3.79. The monoisotopic (exact) mass is 165 g/mol. The Morgan fingerprint density at radius 3 is 2.17 bits per heavy atom. The number of allylic oxidation sites excluding steroid dienone is 4. The molecule has 0 aromatic heterocycles. The molecule has 12 heavy (non-hydrogen) atoms. The highest BCUT2D eigenvalue weighted by atomic mass is 16.1. The summed E-state index contributed by atoms with van der Waals surface area (Å²) in [6.07, 6.45) is 4.42. The smallest absolute Gasteiger partial charge is 0.211 e. The zero-order valence-electron chi connectivity index (χ0n) is 7.85. The van der Waals surface area contributed by atoms with Gasteiger partial charge in [0.15, 0.2) is 0 Å². The number of nitrogens with one attached hydrogen (secondary N) is 1. The minimum atomic E-state index is 0.652. The second kappa shape index (κ2) is 5.35. The van der Waals surface area contributed by atoms with Crippen molar-refractivity contribution < 1.29 is 4.79 Å². The highest BCUT2D eigenvalue weighted by Gasteiger charge is 1.92. The highest BCUT2D eigenvalue weighted by molar-refractivity contribution is 5.53. The molecular weight excluding hydrogens is 150 g/mol. The Balaban J connectivity index is 4.49. The fraction of sp³-hybridized carbons (Fsp3) is 0.300. The van der Waals surface area contributed by atoms with E-state index in [9.17, 15) is 4.79 Å². The number of hydrogen-bond donors (Lipinski definition) is 1. The molecule has 0 saturated heterocycles. The minimum absolute atomic E-state index is 0.652. The van der Waals surface area contributed by atoms with Gasteiger partial charge in [0, 0.05) is 5.70 Å². The SMILES string of the molecule is C=C(C)/C(=C\C=C(C)C)NC=O. The standard InChI is InChI=1S/C10H15NO/c1-8(2)5-6-10(9(3)4)11-7-12/h5-7H,3H2,1-2,4H3,(H,11,12)/b10-6+. The van der Waals surface area contributed by atoms with E-state index in [2.05, 4.69) is 11.9 Å². The summed E-state index contributed by atoms with van der Waals surface area (Å²) in [6, 6.07) is 0. The Morgan fingerprint density at radius 2 is 1.83 bits per heavy atom. The quantitative estimate of drug-likeness (QED) is 0.502. The lowest BCUT2D eigenvalue weighted by Gasteiger charge is -2.02. The Bertz CT molecular complexity index is 232. The van der Waals surface area contributed by atoms with Crippen molar-refractivity contribution in [2.45, 2.75) is 20.8 Å². The van der Waals surface area contributed by atoms with Gasteiger partial charge in [-0.1, -0.05) is 18.2 Å². The summed E-state index contributed by atoms with van der Waals surface area (Å²) < 4.78 is 0. The summed E-state index contributed by atoms with van der Waals surface area (Å²) in [5, 5.41) is 2.57. The van der Waals surface area contributed by atoms with Crippen molar-refractivity contribution in [3.8, 4) is 0 Å². The minimum Gasteiger partial charge on any atom is -0.328 e. The molecule has 0 aromatic carbocycles. The molecule has 0 fully saturated rings. The third-order valence-electron chi connectivity index (χ3n) is 1.26. The van der Waals surface area contributed by atoms with Crippen molar-refractivity contribution in [3.63, 3.8) is 0 Å². The molecule has 0 spiro atoms. The van der Waals surface area contributed by atoms with Gasteiger partial charge in [0.1, 0.15) is 0 Å². The largest absolute Gasteiger partial charge is 0.328 e. The van der Waals surface area contributed by atoms with E-state index in [0.29, 0.717) is 6.41 Å². The van der Waals surface area contributed by atoms with Crippen molar-refractivity contribution in [1.29, 1.82) is 0 Å². The van der Waals surface area contributed by atoms with E-state index in [1.165, 1.54) is 5.57 Å². The first kappa shape index (κ1) is 10.7. The van der Waals surface area contributed by atoms with Crippen LogP contribution in [0.2, 0.25) is 0 Å². The molecule has 0 atom stereocenters. The van der Waals surface area contributed by atoms with Crippen LogP contribution in [0.1, 0.15) is 20.8 Å². The number of carbonyl (C=O) groups excluding carboxylic acids is 1. The summed E-state index contributed by atoms with van der Waals surface area (Å²) in [5.41, 5.74) is 2.78. The molecule has 0 aliphatic rings. The molecule has 0 aromatic rings. The lowest BCUT2D eigenvalue weighted by atomic mass is 10.2. The molecule has 0 aliphatic carbocycles. The lowest BCUT2D eigenvalue weighted by molar-refractivity contribution is -0.108. The zero-order valence-corrected chi connectivity index (χ0v) is 7.85. The van der Waals surface area contributed by atoms with Gasteiger partial charge in [-0.3, -0.25) is 4.79 Å². The summed E-state index contributed by atoms with van der Waals surface area (Å²) in [4.78, 5) is 10.2. The fourth-order valence-corrected chi connectivity index (χ4v) is 0.627. The number of carbonyl (C=O) groups is 1. The van der Waals surface area contributed by atoms with E-state index in [4.69, 9.17) is 0 Å². The Labute approximate surface area is 73.7 Å². The second-order valence-corrected chi connectivity index (χ2v) is 2.87. The van der Waals surface area contributed by atoms with Gasteiger partial charge in [-0.05, 0) is 32.4 Å². The third kappa shape index (κ3) is 4.50. The molecule has 0 bridgehead atoms. The number of hydrogen-bond acceptors (Lipinski definition) is 1. The molecule has 2 nitrogen and oxygen atoms in total. The van der Waals surface area contributed by atoms with Gasteiger partial charge in [-0.15, -0.1) is 0 Å². The molecule has 0 heterocycles. The molecule has 0 radical (unpaired) electrons. The van der Waals surface area contributed by atoms with Crippen molar-refractivity contribution in [2.75, 3.05) is 0 Å². The van der Waals surface area contributed by atoms with Crippen LogP contribution in [0.5, 0.6) is 0 Å². The molecule has 0 unspecified atom stereocenters. The van der Waals surface area contributed by atoms with Gasteiger partial charge < -0.3 is 5.32 Å². The fourth-order valence-electron chi connectivity index (χ4n) is 0.627. The molecule has 66 valence electrons. The Hall–Kier alpha value is -1.31. The van der Waals surface area contributed by atoms with Crippen molar-refractivity contribution in [1.82, 2.24) is 5.32 Å². The van der Waals surface area contributed by atoms with Crippen LogP contribution in [0, 0.1) is 0 Å². The third-order valence-corrected chi connectivity index (χ3v) is 1.26. The van der Waals surface area contributed by atoms with Crippen LogP contribution in [0.4, 0.5) is 0 Å². The maximum atomic E-state index is 10.2. The normalized spacial score (nSPS) is 10.4. The van der Waals surface area contributed by atoms with Crippen LogP contribution < -0.4 is 5.32 Å². The van der Waals surface area contributed by atoms with E-state index in [1.54, 1.807) is 0 Å². The van der Waals surface area contributed by atoms with E-state index in [-0.39, 0.29) is 0 Å². The van der Waals surface area contributed by atoms with Crippen LogP contribution in [0.3, 0.4) is 0 Å². The predicted molar refractivity (Wildman–Crippen MR) is 51.5 cm³/mol. The maximum absolute atomic E-state index is 10.2. The van der Waals surface area contributed by atoms with Gasteiger partial charge in [0.2, 0.25) is 6.41 Å². The van der Waals surface area contributed by atoms with Crippen molar-refractivity contribution in [2.24, 2.45) is 0 Å². The average molecular weight is 165 g/mol. The lowest BCUT2D eigenvalue weighted by Crippen LogP contribution is -2.10. The van der Waals surface area contributed by atoms with Crippen molar-refractivity contribution in [3.05, 3.63) is 35.6 Å². The summed E-state index contributed by atoms with van der Waals surface area (Å²) in [5.74, 6) is 0. The van der Waals surface area contributed by atoms with Gasteiger partial charge in [-0.25, -0.2) is 0 Å². The predicted octanol–water partition coefficient (Wildman–Crippen LogP) is 2.16. The van der Waals surface area contributed by atoms with Gasteiger partial charge in [0.25, 0.3) is 0 Å². The Kier molecular flexibility index (Phi) is 4.77. The van der Waals surface area contributed by atoms with Crippen molar-refractivity contribution >= 4 is 6.41 Å². The van der Waals surface area contributed by atoms with Crippen LogP contribution in [-0.4, -0.2) is 6.41 Å². The first-order chi connectivity index (χ1) is 5.57. The molecule has 0 saturated carbocycles. The van der Waals surface area contributed by atoms with E-state index in [1.807, 2.05) is 32.9 Å². The van der Waals surface area contributed by atoms with E-state index < -0.39 is 0 Å². The molecule has 0 rings (SSSR count). The van der Waals surface area contributed by atoms with Crippen LogP contribution in [0.15, 0.2) is 35.6 Å². The molecule has 2 heteroatoms. The second-order valence-electron chi connectivity index (χ2n) is 2.87. The average Bonchev–Trinajstić information content (AvgIpc) is 1.96.